The first kappa shape index (κ1) is 10.8. The molecule has 0 spiro atoms. The molecule has 2 fully saturated rings. The van der Waals surface area contributed by atoms with Crippen LogP contribution < -0.4 is 5.32 Å². The van der Waals surface area contributed by atoms with Gasteiger partial charge in [-0.05, 0) is 61.5 Å². The van der Waals surface area contributed by atoms with Crippen LogP contribution in [0.3, 0.4) is 0 Å². The lowest BCUT2D eigenvalue weighted by Gasteiger charge is -2.30. The Hall–Kier alpha value is 0.310. The van der Waals surface area contributed by atoms with Crippen molar-refractivity contribution >= 4 is 11.8 Å². The number of rotatable bonds is 6. The normalized spacial score (nSPS) is 39.9. The Morgan fingerprint density at radius 1 is 1.36 bits per heavy atom. The molecule has 1 nitrogen and oxygen atoms in total. The molecule has 1 N–H and O–H groups in total. The lowest BCUT2D eigenvalue weighted by molar-refractivity contribution is 0.249. The summed E-state index contributed by atoms with van der Waals surface area (Å²) >= 11 is 2.11. The molecule has 2 atom stereocenters. The van der Waals surface area contributed by atoms with Gasteiger partial charge in [0.2, 0.25) is 0 Å². The van der Waals surface area contributed by atoms with E-state index in [2.05, 4.69) is 31.1 Å². The van der Waals surface area contributed by atoms with Crippen molar-refractivity contribution in [3.63, 3.8) is 0 Å². The maximum Gasteiger partial charge on any atom is 0.000531 e. The van der Waals surface area contributed by atoms with E-state index in [1.807, 2.05) is 0 Å². The molecular formula is C12H23NS. The van der Waals surface area contributed by atoms with Gasteiger partial charge >= 0.3 is 0 Å². The van der Waals surface area contributed by atoms with E-state index in [9.17, 15) is 0 Å². The van der Waals surface area contributed by atoms with Crippen molar-refractivity contribution in [3.8, 4) is 0 Å². The first-order valence-corrected chi connectivity index (χ1v) is 7.17. The third-order valence-corrected chi connectivity index (χ3v) is 4.89. The molecule has 0 amide bonds. The molecule has 0 saturated heterocycles. The van der Waals surface area contributed by atoms with Gasteiger partial charge in [-0.15, -0.1) is 0 Å². The van der Waals surface area contributed by atoms with Crippen LogP contribution in [0.15, 0.2) is 0 Å². The number of nitrogens with one attached hydrogen (secondary N) is 1. The first-order chi connectivity index (χ1) is 6.79. The molecule has 0 aliphatic heterocycles. The molecule has 0 aromatic rings. The number of hydrogen-bond donors (Lipinski definition) is 1. The van der Waals surface area contributed by atoms with Gasteiger partial charge in [-0.2, -0.15) is 11.8 Å². The summed E-state index contributed by atoms with van der Waals surface area (Å²) in [5.41, 5.74) is 0.685. The highest BCUT2D eigenvalue weighted by Crippen LogP contribution is 2.61. The van der Waals surface area contributed by atoms with Gasteiger partial charge in [0.25, 0.3) is 0 Å². The van der Waals surface area contributed by atoms with Gasteiger partial charge in [-0.3, -0.25) is 0 Å². The van der Waals surface area contributed by atoms with Gasteiger partial charge in [-0.1, -0.05) is 6.92 Å². The summed E-state index contributed by atoms with van der Waals surface area (Å²) in [5, 5.41) is 3.41. The predicted octanol–water partition coefficient (Wildman–Crippen LogP) is 2.77. The average molecular weight is 213 g/mol. The van der Waals surface area contributed by atoms with Crippen molar-refractivity contribution in [1.82, 2.24) is 5.32 Å². The fourth-order valence-corrected chi connectivity index (χ4v) is 4.12. The molecule has 82 valence electrons. The molecule has 2 unspecified atom stereocenters. The van der Waals surface area contributed by atoms with Crippen LogP contribution in [0.1, 0.15) is 32.6 Å². The molecule has 14 heavy (non-hydrogen) atoms. The van der Waals surface area contributed by atoms with Gasteiger partial charge in [0, 0.05) is 6.54 Å². The van der Waals surface area contributed by atoms with Crippen molar-refractivity contribution in [2.75, 3.05) is 25.1 Å². The topological polar surface area (TPSA) is 12.0 Å². The van der Waals surface area contributed by atoms with Crippen molar-refractivity contribution in [2.45, 2.75) is 32.6 Å². The zero-order chi connectivity index (χ0) is 10.0. The average Bonchev–Trinajstić information content (AvgIpc) is 2.76. The zero-order valence-corrected chi connectivity index (χ0v) is 10.3. The minimum absolute atomic E-state index is 0.685. The Labute approximate surface area is 92.4 Å². The minimum Gasteiger partial charge on any atom is -0.319 e. The van der Waals surface area contributed by atoms with E-state index in [0.29, 0.717) is 5.41 Å². The van der Waals surface area contributed by atoms with E-state index < -0.39 is 0 Å². The molecule has 2 heteroatoms. The van der Waals surface area contributed by atoms with Gasteiger partial charge in [0.1, 0.15) is 0 Å². The van der Waals surface area contributed by atoms with Crippen LogP contribution in [-0.4, -0.2) is 25.1 Å². The molecular weight excluding hydrogens is 190 g/mol. The second-order valence-corrected chi connectivity index (χ2v) is 6.54. The molecule has 2 saturated carbocycles. The number of thioether (sulfide) groups is 1. The molecule has 0 bridgehead atoms. The smallest absolute Gasteiger partial charge is 0.000531 e. The molecule has 2 rings (SSSR count). The number of fused-ring (bicyclic) bond motifs is 1. The van der Waals surface area contributed by atoms with E-state index in [1.54, 1.807) is 6.42 Å². The molecule has 0 aromatic carbocycles. The second kappa shape index (κ2) is 4.44. The Morgan fingerprint density at radius 2 is 2.07 bits per heavy atom. The Bertz CT molecular complexity index is 183. The third-order valence-electron chi connectivity index (χ3n) is 3.99. The second-order valence-electron chi connectivity index (χ2n) is 5.14. The van der Waals surface area contributed by atoms with Crippen LogP contribution >= 0.6 is 11.8 Å². The SMILES string of the molecule is CCSCCC1(CNC)CC2CC2C1. The fraction of sp³-hybridized carbons (Fsp3) is 1.00. The van der Waals surface area contributed by atoms with E-state index in [0.717, 1.165) is 11.8 Å². The van der Waals surface area contributed by atoms with E-state index in [-0.39, 0.29) is 0 Å². The summed E-state index contributed by atoms with van der Waals surface area (Å²) in [7, 11) is 2.11. The van der Waals surface area contributed by atoms with Crippen molar-refractivity contribution in [1.29, 1.82) is 0 Å². The summed E-state index contributed by atoms with van der Waals surface area (Å²) < 4.78 is 0. The fourth-order valence-electron chi connectivity index (χ4n) is 3.25. The van der Waals surface area contributed by atoms with E-state index >= 15 is 0 Å². The summed E-state index contributed by atoms with van der Waals surface area (Å²) in [6.45, 7) is 3.52. The lowest BCUT2D eigenvalue weighted by Crippen LogP contribution is -2.32. The van der Waals surface area contributed by atoms with Gasteiger partial charge in [-0.25, -0.2) is 0 Å². The maximum atomic E-state index is 3.41. The summed E-state index contributed by atoms with van der Waals surface area (Å²) in [6.07, 6.45) is 6.03. The molecule has 0 radical (unpaired) electrons. The molecule has 2 aliphatic carbocycles. The highest BCUT2D eigenvalue weighted by molar-refractivity contribution is 7.99. The summed E-state index contributed by atoms with van der Waals surface area (Å²) in [6, 6.07) is 0. The summed E-state index contributed by atoms with van der Waals surface area (Å²) in [5.74, 6) is 4.89. The maximum absolute atomic E-state index is 3.41. The Morgan fingerprint density at radius 3 is 2.64 bits per heavy atom. The minimum atomic E-state index is 0.685. The lowest BCUT2D eigenvalue weighted by atomic mass is 9.80. The molecule has 0 aromatic heterocycles. The molecule has 0 heterocycles. The third kappa shape index (κ3) is 2.27. The van der Waals surface area contributed by atoms with Gasteiger partial charge < -0.3 is 5.32 Å². The van der Waals surface area contributed by atoms with Crippen LogP contribution in [0.2, 0.25) is 0 Å². The van der Waals surface area contributed by atoms with Crippen LogP contribution in [0.25, 0.3) is 0 Å². The van der Waals surface area contributed by atoms with Crippen molar-refractivity contribution in [2.24, 2.45) is 17.3 Å². The number of hydrogen-bond acceptors (Lipinski definition) is 2. The van der Waals surface area contributed by atoms with E-state index in [1.165, 1.54) is 37.3 Å². The van der Waals surface area contributed by atoms with Crippen LogP contribution in [0, 0.1) is 17.3 Å². The highest BCUT2D eigenvalue weighted by atomic mass is 32.2. The quantitative estimate of drug-likeness (QED) is 0.681. The highest BCUT2D eigenvalue weighted by Gasteiger charge is 2.52. The van der Waals surface area contributed by atoms with Crippen LogP contribution in [0.5, 0.6) is 0 Å². The van der Waals surface area contributed by atoms with Crippen molar-refractivity contribution < 1.29 is 0 Å². The largest absolute Gasteiger partial charge is 0.319 e. The Kier molecular flexibility index (Phi) is 3.43. The zero-order valence-electron chi connectivity index (χ0n) is 9.51. The molecule has 2 aliphatic rings. The first-order valence-electron chi connectivity index (χ1n) is 6.02. The van der Waals surface area contributed by atoms with Crippen LogP contribution in [0.4, 0.5) is 0 Å². The Balaban J connectivity index is 1.80. The standard InChI is InChI=1S/C12H23NS/c1-3-14-5-4-12(9-13-2)7-10-6-11(10)8-12/h10-11,13H,3-9H2,1-2H3. The monoisotopic (exact) mass is 213 g/mol. The summed E-state index contributed by atoms with van der Waals surface area (Å²) in [4.78, 5) is 0. The van der Waals surface area contributed by atoms with Gasteiger partial charge in [0.15, 0.2) is 0 Å². The van der Waals surface area contributed by atoms with Gasteiger partial charge in [0.05, 0.1) is 0 Å². The predicted molar refractivity (Wildman–Crippen MR) is 64.8 cm³/mol. The van der Waals surface area contributed by atoms with E-state index in [4.69, 9.17) is 0 Å². The van der Waals surface area contributed by atoms with Crippen molar-refractivity contribution in [3.05, 3.63) is 0 Å². The van der Waals surface area contributed by atoms with Crippen LogP contribution in [-0.2, 0) is 0 Å².